The van der Waals surface area contributed by atoms with Gasteiger partial charge in [-0.3, -0.25) is 9.59 Å². The van der Waals surface area contributed by atoms with Crippen LogP contribution in [0.4, 0.5) is 5.69 Å². The van der Waals surface area contributed by atoms with Gasteiger partial charge < -0.3 is 10.2 Å². The zero-order chi connectivity index (χ0) is 14.8. The van der Waals surface area contributed by atoms with Crippen LogP contribution in [-0.4, -0.2) is 29.8 Å². The van der Waals surface area contributed by atoms with Crippen LogP contribution >= 0.6 is 0 Å². The lowest BCUT2D eigenvalue weighted by molar-refractivity contribution is -0.120. The fourth-order valence-electron chi connectivity index (χ4n) is 2.57. The predicted octanol–water partition coefficient (Wildman–Crippen LogP) is 2.32. The predicted molar refractivity (Wildman–Crippen MR) is 81.1 cm³/mol. The minimum absolute atomic E-state index is 0.134. The summed E-state index contributed by atoms with van der Waals surface area (Å²) in [5.41, 5.74) is 2.14. The molecular formula is C17H16N2O2. The first-order valence-corrected chi connectivity index (χ1v) is 6.88. The Morgan fingerprint density at radius 1 is 1.00 bits per heavy atom. The molecule has 2 aromatic carbocycles. The first kappa shape index (κ1) is 13.4. The van der Waals surface area contributed by atoms with Crippen molar-refractivity contribution in [3.8, 4) is 0 Å². The minimum atomic E-state index is -0.507. The summed E-state index contributed by atoms with van der Waals surface area (Å²) in [6.07, 6.45) is 0.503. The van der Waals surface area contributed by atoms with Gasteiger partial charge in [0.05, 0.1) is 11.3 Å². The number of carbonyl (C=O) groups is 2. The maximum Gasteiger partial charge on any atom is 0.256 e. The Hall–Kier alpha value is -2.62. The molecule has 1 atom stereocenters. The molecule has 2 aromatic rings. The number of nitrogens with zero attached hydrogens (tertiary/aromatic N) is 1. The van der Waals surface area contributed by atoms with Crippen molar-refractivity contribution in [3.05, 3.63) is 65.7 Å². The number of rotatable bonds is 2. The van der Waals surface area contributed by atoms with Gasteiger partial charge in [-0.1, -0.05) is 42.5 Å². The second-order valence-electron chi connectivity index (χ2n) is 5.16. The van der Waals surface area contributed by atoms with Gasteiger partial charge >= 0.3 is 0 Å². The van der Waals surface area contributed by atoms with Gasteiger partial charge in [0.2, 0.25) is 5.91 Å². The van der Waals surface area contributed by atoms with Crippen LogP contribution < -0.4 is 5.32 Å². The van der Waals surface area contributed by atoms with Gasteiger partial charge in [-0.05, 0) is 17.7 Å². The lowest BCUT2D eigenvalue weighted by Crippen LogP contribution is -2.44. The Labute approximate surface area is 123 Å². The normalized spacial score (nSPS) is 18.0. The molecule has 1 heterocycles. The van der Waals surface area contributed by atoms with Crippen molar-refractivity contribution in [1.29, 1.82) is 0 Å². The number of anilines is 1. The fourth-order valence-corrected chi connectivity index (χ4v) is 2.57. The van der Waals surface area contributed by atoms with Crippen LogP contribution in [0.25, 0.3) is 0 Å². The highest BCUT2D eigenvalue weighted by molar-refractivity contribution is 6.09. The summed E-state index contributed by atoms with van der Waals surface area (Å²) in [6.45, 7) is 0. The maximum absolute atomic E-state index is 12.5. The maximum atomic E-state index is 12.5. The molecule has 4 heteroatoms. The van der Waals surface area contributed by atoms with E-state index in [-0.39, 0.29) is 11.8 Å². The third-order valence-corrected chi connectivity index (χ3v) is 3.78. The molecule has 0 spiro atoms. The molecule has 0 bridgehead atoms. The van der Waals surface area contributed by atoms with E-state index in [0.29, 0.717) is 17.7 Å². The molecule has 0 aromatic heterocycles. The molecule has 3 rings (SSSR count). The summed E-state index contributed by atoms with van der Waals surface area (Å²) < 4.78 is 0. The van der Waals surface area contributed by atoms with E-state index < -0.39 is 6.04 Å². The van der Waals surface area contributed by atoms with Crippen molar-refractivity contribution in [2.45, 2.75) is 12.5 Å². The van der Waals surface area contributed by atoms with Gasteiger partial charge in [0.1, 0.15) is 6.04 Å². The molecular weight excluding hydrogens is 264 g/mol. The van der Waals surface area contributed by atoms with Gasteiger partial charge in [-0.25, -0.2) is 0 Å². The standard InChI is InChI=1S/C17H16N2O2/c1-19-15(11-12-7-3-2-4-8-12)16(20)18-14-10-6-5-9-13(14)17(19)21/h2-10,15H,11H2,1H3,(H,18,20)/t15-/m1/s1. The monoisotopic (exact) mass is 280 g/mol. The number of amides is 2. The molecule has 0 unspecified atom stereocenters. The van der Waals surface area contributed by atoms with E-state index in [1.165, 1.54) is 4.90 Å². The average Bonchev–Trinajstić information content (AvgIpc) is 2.60. The Kier molecular flexibility index (Phi) is 3.44. The molecule has 0 saturated heterocycles. The first-order valence-electron chi connectivity index (χ1n) is 6.88. The highest BCUT2D eigenvalue weighted by atomic mass is 16.2. The minimum Gasteiger partial charge on any atom is -0.329 e. The number of hydrogen-bond donors (Lipinski definition) is 1. The summed E-state index contributed by atoms with van der Waals surface area (Å²) >= 11 is 0. The van der Waals surface area contributed by atoms with E-state index in [1.54, 1.807) is 25.2 Å². The Morgan fingerprint density at radius 3 is 2.43 bits per heavy atom. The number of nitrogens with one attached hydrogen (secondary N) is 1. The highest BCUT2D eigenvalue weighted by Gasteiger charge is 2.32. The van der Waals surface area contributed by atoms with Crippen molar-refractivity contribution in [2.75, 3.05) is 12.4 Å². The molecule has 106 valence electrons. The zero-order valence-electron chi connectivity index (χ0n) is 11.7. The lowest BCUT2D eigenvalue weighted by atomic mass is 10.0. The number of fused-ring (bicyclic) bond motifs is 1. The summed E-state index contributed by atoms with van der Waals surface area (Å²) in [5.74, 6) is -0.287. The largest absolute Gasteiger partial charge is 0.329 e. The van der Waals surface area contributed by atoms with Gasteiger partial charge in [-0.2, -0.15) is 0 Å². The van der Waals surface area contributed by atoms with Crippen LogP contribution in [0, 0.1) is 0 Å². The summed E-state index contributed by atoms with van der Waals surface area (Å²) in [5, 5.41) is 2.85. The smallest absolute Gasteiger partial charge is 0.256 e. The molecule has 21 heavy (non-hydrogen) atoms. The van der Waals surface area contributed by atoms with Gasteiger partial charge in [0, 0.05) is 13.5 Å². The quantitative estimate of drug-likeness (QED) is 0.917. The first-order chi connectivity index (χ1) is 10.2. The van der Waals surface area contributed by atoms with E-state index in [0.717, 1.165) is 5.56 Å². The SMILES string of the molecule is CN1C(=O)c2ccccc2NC(=O)[C@H]1Cc1ccccc1. The van der Waals surface area contributed by atoms with E-state index >= 15 is 0 Å². The van der Waals surface area contributed by atoms with Crippen molar-refractivity contribution in [3.63, 3.8) is 0 Å². The number of hydrogen-bond acceptors (Lipinski definition) is 2. The Bertz CT molecular complexity index is 682. The van der Waals surface area contributed by atoms with Crippen molar-refractivity contribution >= 4 is 17.5 Å². The Morgan fingerprint density at radius 2 is 1.67 bits per heavy atom. The second-order valence-corrected chi connectivity index (χ2v) is 5.16. The molecule has 0 saturated carbocycles. The fraction of sp³-hybridized carbons (Fsp3) is 0.176. The van der Waals surface area contributed by atoms with E-state index in [1.807, 2.05) is 36.4 Å². The molecule has 0 fully saturated rings. The summed E-state index contributed by atoms with van der Waals surface area (Å²) in [6, 6.07) is 16.3. The summed E-state index contributed by atoms with van der Waals surface area (Å²) in [7, 11) is 1.68. The van der Waals surface area contributed by atoms with Crippen molar-refractivity contribution < 1.29 is 9.59 Å². The van der Waals surface area contributed by atoms with E-state index in [2.05, 4.69) is 5.32 Å². The topological polar surface area (TPSA) is 49.4 Å². The second kappa shape index (κ2) is 5.40. The van der Waals surface area contributed by atoms with Crippen LogP contribution in [0.5, 0.6) is 0 Å². The molecule has 0 radical (unpaired) electrons. The lowest BCUT2D eigenvalue weighted by Gasteiger charge is -2.24. The van der Waals surface area contributed by atoms with Gasteiger partial charge in [0.25, 0.3) is 5.91 Å². The summed E-state index contributed by atoms with van der Waals surface area (Å²) in [4.78, 5) is 26.5. The Balaban J connectivity index is 1.93. The van der Waals surface area contributed by atoms with Crippen LogP contribution in [0.3, 0.4) is 0 Å². The van der Waals surface area contributed by atoms with E-state index in [9.17, 15) is 9.59 Å². The van der Waals surface area contributed by atoms with Crippen molar-refractivity contribution in [2.24, 2.45) is 0 Å². The molecule has 4 nitrogen and oxygen atoms in total. The molecule has 0 aliphatic carbocycles. The molecule has 1 N–H and O–H groups in total. The van der Waals surface area contributed by atoms with Gasteiger partial charge in [-0.15, -0.1) is 0 Å². The third kappa shape index (κ3) is 2.52. The highest BCUT2D eigenvalue weighted by Crippen LogP contribution is 2.23. The molecule has 2 amide bonds. The number of likely N-dealkylation sites (N-methyl/N-ethyl adjacent to an activating group) is 1. The number of benzene rings is 2. The van der Waals surface area contributed by atoms with E-state index in [4.69, 9.17) is 0 Å². The van der Waals surface area contributed by atoms with Crippen LogP contribution in [-0.2, 0) is 11.2 Å². The molecule has 1 aliphatic rings. The third-order valence-electron chi connectivity index (χ3n) is 3.78. The number of para-hydroxylation sites is 1. The van der Waals surface area contributed by atoms with Crippen LogP contribution in [0.2, 0.25) is 0 Å². The van der Waals surface area contributed by atoms with Gasteiger partial charge in [0.15, 0.2) is 0 Å². The van der Waals surface area contributed by atoms with Crippen molar-refractivity contribution in [1.82, 2.24) is 4.90 Å². The van der Waals surface area contributed by atoms with Crippen LogP contribution in [0.15, 0.2) is 54.6 Å². The average molecular weight is 280 g/mol. The molecule has 1 aliphatic heterocycles. The zero-order valence-corrected chi connectivity index (χ0v) is 11.7. The van der Waals surface area contributed by atoms with Crippen LogP contribution in [0.1, 0.15) is 15.9 Å². The number of carbonyl (C=O) groups excluding carboxylic acids is 2.